The molecule has 0 saturated carbocycles. The van der Waals surface area contributed by atoms with Crippen molar-refractivity contribution in [1.82, 2.24) is 14.5 Å². The van der Waals surface area contributed by atoms with Gasteiger partial charge in [0.1, 0.15) is 5.60 Å². The topological polar surface area (TPSA) is 131 Å². The number of hydrogen-bond donors (Lipinski definition) is 2. The first-order valence-corrected chi connectivity index (χ1v) is 7.69. The molecule has 0 radical (unpaired) electrons. The normalized spacial score (nSPS) is 20.4. The zero-order valence-corrected chi connectivity index (χ0v) is 14.4. The van der Waals surface area contributed by atoms with Crippen molar-refractivity contribution in [2.24, 2.45) is 0 Å². The maximum atomic E-state index is 12.3. The number of hydrogen-bond acceptors (Lipinski definition) is 6. The molecule has 10 heteroatoms. The van der Waals surface area contributed by atoms with Gasteiger partial charge in [-0.05, 0) is 27.7 Å². The molecule has 0 aromatic carbocycles. The second kappa shape index (κ2) is 6.61. The standard InChI is InChI=1S/C15H21N3O7/c1-8-6-17(12(20)16-11(8)19)9-5-10(24-14(22)23)18(7-9)13(21)25-15(2,3)4/h6,9-10H,5,7H2,1-4H3,(H,22,23)(H,16,19,20)/t9-,10+/m0/s1. The van der Waals surface area contributed by atoms with Crippen molar-refractivity contribution in [2.45, 2.75) is 52.0 Å². The number of ether oxygens (including phenoxy) is 2. The summed E-state index contributed by atoms with van der Waals surface area (Å²) in [4.78, 5) is 50.0. The second-order valence-electron chi connectivity index (χ2n) is 6.84. The summed E-state index contributed by atoms with van der Waals surface area (Å²) in [5, 5.41) is 8.88. The number of rotatable bonds is 2. The molecule has 25 heavy (non-hydrogen) atoms. The minimum Gasteiger partial charge on any atom is -0.450 e. The van der Waals surface area contributed by atoms with E-state index in [4.69, 9.17) is 14.6 Å². The number of aryl methyl sites for hydroxylation is 1. The van der Waals surface area contributed by atoms with Gasteiger partial charge in [0, 0.05) is 24.7 Å². The van der Waals surface area contributed by atoms with Crippen LogP contribution in [0, 0.1) is 6.92 Å². The summed E-state index contributed by atoms with van der Waals surface area (Å²) in [5.41, 5.74) is -1.58. The molecule has 138 valence electrons. The molecule has 1 aliphatic heterocycles. The molecular weight excluding hydrogens is 334 g/mol. The fraction of sp³-hybridized carbons (Fsp3) is 0.600. The number of carboxylic acid groups (broad SMARTS) is 1. The average molecular weight is 355 g/mol. The second-order valence-corrected chi connectivity index (χ2v) is 6.84. The van der Waals surface area contributed by atoms with Crippen LogP contribution in [0.5, 0.6) is 0 Å². The van der Waals surface area contributed by atoms with Crippen LogP contribution in [0.4, 0.5) is 9.59 Å². The molecule has 0 spiro atoms. The van der Waals surface area contributed by atoms with Crippen LogP contribution in [0.3, 0.4) is 0 Å². The third-order valence-electron chi connectivity index (χ3n) is 3.63. The maximum absolute atomic E-state index is 12.3. The molecule has 1 saturated heterocycles. The molecule has 1 aliphatic rings. The van der Waals surface area contributed by atoms with Crippen LogP contribution in [-0.2, 0) is 9.47 Å². The first kappa shape index (κ1) is 18.6. The fourth-order valence-electron chi connectivity index (χ4n) is 2.58. The Kier molecular flexibility index (Phi) is 4.91. The largest absolute Gasteiger partial charge is 0.507 e. The van der Waals surface area contributed by atoms with Crippen molar-refractivity contribution in [1.29, 1.82) is 0 Å². The molecule has 1 aromatic heterocycles. The van der Waals surface area contributed by atoms with Crippen molar-refractivity contribution in [3.8, 4) is 0 Å². The van der Waals surface area contributed by atoms with Crippen LogP contribution < -0.4 is 11.2 Å². The molecule has 2 heterocycles. The van der Waals surface area contributed by atoms with Gasteiger partial charge >= 0.3 is 17.9 Å². The van der Waals surface area contributed by atoms with Gasteiger partial charge in [0.2, 0.25) is 0 Å². The SMILES string of the molecule is Cc1cn([C@H]2C[C@@H](OC(=O)O)N(C(=O)OC(C)(C)C)C2)c(=O)[nH]c1=O. The quantitative estimate of drug-likeness (QED) is 0.758. The number of aromatic amines is 1. The first-order valence-electron chi connectivity index (χ1n) is 7.69. The fourth-order valence-corrected chi connectivity index (χ4v) is 2.58. The number of carbonyl (C=O) groups is 2. The van der Waals surface area contributed by atoms with Crippen molar-refractivity contribution in [3.63, 3.8) is 0 Å². The van der Waals surface area contributed by atoms with Crippen molar-refractivity contribution < 1.29 is 24.2 Å². The Morgan fingerprint density at radius 3 is 2.52 bits per heavy atom. The number of amides is 1. The van der Waals surface area contributed by atoms with E-state index in [-0.39, 0.29) is 13.0 Å². The number of H-pyrrole nitrogens is 1. The van der Waals surface area contributed by atoms with Gasteiger partial charge in [-0.3, -0.25) is 19.2 Å². The summed E-state index contributed by atoms with van der Waals surface area (Å²) < 4.78 is 11.3. The molecule has 1 amide bonds. The van der Waals surface area contributed by atoms with E-state index in [1.165, 1.54) is 10.8 Å². The molecule has 2 N–H and O–H groups in total. The van der Waals surface area contributed by atoms with E-state index in [0.29, 0.717) is 5.56 Å². The molecule has 0 bridgehead atoms. The van der Waals surface area contributed by atoms with Crippen molar-refractivity contribution in [2.75, 3.05) is 6.54 Å². The number of aromatic nitrogens is 2. The average Bonchev–Trinajstić information content (AvgIpc) is 2.84. The summed E-state index contributed by atoms with van der Waals surface area (Å²) in [6.07, 6.45) is -1.92. The Morgan fingerprint density at radius 2 is 1.96 bits per heavy atom. The van der Waals surface area contributed by atoms with Crippen molar-refractivity contribution in [3.05, 3.63) is 32.6 Å². The summed E-state index contributed by atoms with van der Waals surface area (Å²) >= 11 is 0. The van der Waals surface area contributed by atoms with Gasteiger partial charge < -0.3 is 14.6 Å². The van der Waals surface area contributed by atoms with Gasteiger partial charge in [0.25, 0.3) is 5.56 Å². The summed E-state index contributed by atoms with van der Waals surface area (Å²) in [5.74, 6) is 0. The Labute approximate surface area is 143 Å². The number of nitrogens with one attached hydrogen (secondary N) is 1. The lowest BCUT2D eigenvalue weighted by molar-refractivity contribution is -0.0324. The van der Waals surface area contributed by atoms with Gasteiger partial charge in [0.05, 0.1) is 6.04 Å². The van der Waals surface area contributed by atoms with Gasteiger partial charge in [-0.25, -0.2) is 14.4 Å². The predicted molar refractivity (Wildman–Crippen MR) is 85.6 cm³/mol. The van der Waals surface area contributed by atoms with E-state index in [9.17, 15) is 19.2 Å². The van der Waals surface area contributed by atoms with E-state index in [2.05, 4.69) is 4.98 Å². The lowest BCUT2D eigenvalue weighted by atomic mass is 10.2. The third-order valence-corrected chi connectivity index (χ3v) is 3.63. The predicted octanol–water partition coefficient (Wildman–Crippen LogP) is 1.05. The first-order chi connectivity index (χ1) is 11.5. The number of carbonyl (C=O) groups excluding carboxylic acids is 1. The minimum atomic E-state index is -1.54. The smallest absolute Gasteiger partial charge is 0.450 e. The number of nitrogens with zero attached hydrogens (tertiary/aromatic N) is 2. The molecular formula is C15H21N3O7. The lowest BCUT2D eigenvalue weighted by Gasteiger charge is -2.27. The Bertz CT molecular complexity index is 790. The molecule has 10 nitrogen and oxygen atoms in total. The van der Waals surface area contributed by atoms with Crippen LogP contribution in [0.25, 0.3) is 0 Å². The summed E-state index contributed by atoms with van der Waals surface area (Å²) in [6.45, 7) is 6.60. The maximum Gasteiger partial charge on any atom is 0.507 e. The van der Waals surface area contributed by atoms with Crippen LogP contribution in [0.2, 0.25) is 0 Å². The highest BCUT2D eigenvalue weighted by Gasteiger charge is 2.41. The molecule has 0 aliphatic carbocycles. The van der Waals surface area contributed by atoms with Gasteiger partial charge in [-0.15, -0.1) is 0 Å². The van der Waals surface area contributed by atoms with Crippen LogP contribution >= 0.6 is 0 Å². The molecule has 2 atom stereocenters. The van der Waals surface area contributed by atoms with E-state index >= 15 is 0 Å². The van der Waals surface area contributed by atoms with E-state index in [1.807, 2.05) is 0 Å². The van der Waals surface area contributed by atoms with Crippen LogP contribution in [0.15, 0.2) is 15.8 Å². The minimum absolute atomic E-state index is 0.0122. The Balaban J connectivity index is 2.31. The number of likely N-dealkylation sites (tertiary alicyclic amines) is 1. The Morgan fingerprint density at radius 1 is 1.32 bits per heavy atom. The van der Waals surface area contributed by atoms with E-state index in [0.717, 1.165) is 4.90 Å². The molecule has 2 rings (SSSR count). The van der Waals surface area contributed by atoms with Crippen molar-refractivity contribution >= 4 is 12.2 Å². The van der Waals surface area contributed by atoms with E-state index in [1.54, 1.807) is 27.7 Å². The highest BCUT2D eigenvalue weighted by Crippen LogP contribution is 2.29. The van der Waals surface area contributed by atoms with Crippen LogP contribution in [-0.4, -0.2) is 50.2 Å². The molecule has 1 fully saturated rings. The van der Waals surface area contributed by atoms with Gasteiger partial charge in [-0.1, -0.05) is 0 Å². The zero-order chi connectivity index (χ0) is 18.9. The third kappa shape index (κ3) is 4.40. The van der Waals surface area contributed by atoms with E-state index < -0.39 is 41.4 Å². The lowest BCUT2D eigenvalue weighted by Crippen LogP contribution is -2.42. The molecule has 1 aromatic rings. The van der Waals surface area contributed by atoms with Gasteiger partial charge in [-0.2, -0.15) is 0 Å². The summed E-state index contributed by atoms with van der Waals surface area (Å²) in [6, 6.07) is -0.556. The Hall–Kier alpha value is -2.78. The zero-order valence-electron chi connectivity index (χ0n) is 14.4. The summed E-state index contributed by atoms with van der Waals surface area (Å²) in [7, 11) is 0. The van der Waals surface area contributed by atoms with Crippen LogP contribution in [0.1, 0.15) is 38.8 Å². The molecule has 0 unspecified atom stereocenters. The highest BCUT2D eigenvalue weighted by molar-refractivity contribution is 5.69. The highest BCUT2D eigenvalue weighted by atomic mass is 16.7. The van der Waals surface area contributed by atoms with Gasteiger partial charge in [0.15, 0.2) is 6.23 Å². The monoisotopic (exact) mass is 355 g/mol.